The van der Waals surface area contributed by atoms with Gasteiger partial charge in [-0.3, -0.25) is 10.1 Å². The molecule has 1 aromatic carbocycles. The minimum atomic E-state index is -3.73. The molecule has 134 valence electrons. The molecule has 1 heterocycles. The van der Waals surface area contributed by atoms with Crippen LogP contribution in [-0.4, -0.2) is 50.0 Å². The van der Waals surface area contributed by atoms with Crippen LogP contribution in [0.15, 0.2) is 23.1 Å². The lowest BCUT2D eigenvalue weighted by atomic mass is 10.2. The second-order valence-corrected chi connectivity index (χ2v) is 7.48. The van der Waals surface area contributed by atoms with Gasteiger partial charge in [-0.2, -0.15) is 4.31 Å². The fraction of sp³-hybridized carbons (Fsp3) is 0.600. The average molecular weight is 357 g/mol. The van der Waals surface area contributed by atoms with E-state index < -0.39 is 14.9 Å². The lowest BCUT2D eigenvalue weighted by Crippen LogP contribution is -2.30. The van der Waals surface area contributed by atoms with E-state index >= 15 is 0 Å². The first-order chi connectivity index (χ1) is 11.4. The van der Waals surface area contributed by atoms with Crippen molar-refractivity contribution in [2.45, 2.75) is 37.7 Å². The highest BCUT2D eigenvalue weighted by Crippen LogP contribution is 2.29. The highest BCUT2D eigenvalue weighted by Gasteiger charge is 2.26. The van der Waals surface area contributed by atoms with Crippen molar-refractivity contribution in [3.05, 3.63) is 28.3 Å². The molecular formula is C15H23N3O5S. The molecule has 0 amide bonds. The zero-order valence-corrected chi connectivity index (χ0v) is 14.7. The first-order valence-electron chi connectivity index (χ1n) is 8.04. The highest BCUT2D eigenvalue weighted by atomic mass is 32.2. The molecule has 1 unspecified atom stereocenters. The van der Waals surface area contributed by atoms with Gasteiger partial charge in [0.1, 0.15) is 5.69 Å². The number of hydrogen-bond donors (Lipinski definition) is 1. The summed E-state index contributed by atoms with van der Waals surface area (Å²) in [5, 5.41) is 14.3. The number of benzene rings is 1. The van der Waals surface area contributed by atoms with Gasteiger partial charge in [0.2, 0.25) is 10.0 Å². The summed E-state index contributed by atoms with van der Waals surface area (Å²) in [7, 11) is -3.73. The largest absolute Gasteiger partial charge is 0.377 e. The van der Waals surface area contributed by atoms with Gasteiger partial charge >= 0.3 is 0 Å². The molecule has 8 nitrogen and oxygen atoms in total. The Morgan fingerprint density at radius 2 is 2.08 bits per heavy atom. The van der Waals surface area contributed by atoms with Gasteiger partial charge in [-0.1, -0.05) is 13.8 Å². The van der Waals surface area contributed by atoms with Crippen LogP contribution in [0.3, 0.4) is 0 Å². The molecule has 1 atom stereocenters. The van der Waals surface area contributed by atoms with Crippen LogP contribution in [0.25, 0.3) is 0 Å². The van der Waals surface area contributed by atoms with Crippen molar-refractivity contribution in [1.29, 1.82) is 0 Å². The number of sulfonamides is 1. The summed E-state index contributed by atoms with van der Waals surface area (Å²) < 4.78 is 31.8. The molecule has 1 N–H and O–H groups in total. The second kappa shape index (κ2) is 7.91. The van der Waals surface area contributed by atoms with Crippen LogP contribution < -0.4 is 5.32 Å². The fourth-order valence-corrected chi connectivity index (χ4v) is 4.19. The van der Waals surface area contributed by atoms with Gasteiger partial charge in [-0.25, -0.2) is 8.42 Å². The quantitative estimate of drug-likeness (QED) is 0.565. The van der Waals surface area contributed by atoms with Crippen molar-refractivity contribution in [3.63, 3.8) is 0 Å². The minimum Gasteiger partial charge on any atom is -0.377 e. The van der Waals surface area contributed by atoms with E-state index in [1.54, 1.807) is 13.8 Å². The van der Waals surface area contributed by atoms with Crippen molar-refractivity contribution in [1.82, 2.24) is 4.31 Å². The van der Waals surface area contributed by atoms with Crippen LogP contribution in [0.5, 0.6) is 0 Å². The van der Waals surface area contributed by atoms with Crippen molar-refractivity contribution in [2.24, 2.45) is 0 Å². The van der Waals surface area contributed by atoms with Crippen molar-refractivity contribution >= 4 is 21.4 Å². The summed E-state index contributed by atoms with van der Waals surface area (Å²) in [6, 6.07) is 3.97. The zero-order valence-electron chi connectivity index (χ0n) is 13.9. The van der Waals surface area contributed by atoms with Crippen LogP contribution >= 0.6 is 0 Å². The Bertz CT molecular complexity index is 682. The van der Waals surface area contributed by atoms with Gasteiger partial charge in [0.05, 0.1) is 15.9 Å². The van der Waals surface area contributed by atoms with Gasteiger partial charge < -0.3 is 10.1 Å². The van der Waals surface area contributed by atoms with Crippen LogP contribution in [-0.2, 0) is 14.8 Å². The summed E-state index contributed by atoms with van der Waals surface area (Å²) in [6.45, 7) is 5.25. The normalized spacial score (nSPS) is 18.0. The van der Waals surface area contributed by atoms with E-state index in [2.05, 4.69) is 5.32 Å². The number of nitrogens with zero attached hydrogens (tertiary/aromatic N) is 2. The number of nitro benzene ring substituents is 1. The number of rotatable bonds is 8. The second-order valence-electron chi connectivity index (χ2n) is 5.54. The molecule has 1 saturated heterocycles. The molecule has 1 fully saturated rings. The van der Waals surface area contributed by atoms with Crippen LogP contribution in [0, 0.1) is 10.1 Å². The SMILES string of the molecule is CCN(CC)S(=O)(=O)c1ccc(NCC2CCCO2)c([N+](=O)[O-])c1. The minimum absolute atomic E-state index is 0.0312. The first-order valence-corrected chi connectivity index (χ1v) is 9.48. The van der Waals surface area contributed by atoms with E-state index in [-0.39, 0.29) is 16.7 Å². The molecular weight excluding hydrogens is 334 g/mol. The molecule has 9 heteroatoms. The third kappa shape index (κ3) is 4.03. The third-order valence-corrected chi connectivity index (χ3v) is 6.10. The number of anilines is 1. The number of hydrogen-bond acceptors (Lipinski definition) is 6. The molecule has 0 radical (unpaired) electrons. The molecule has 1 aromatic rings. The average Bonchev–Trinajstić information content (AvgIpc) is 3.07. The van der Waals surface area contributed by atoms with E-state index in [1.807, 2.05) is 0 Å². The van der Waals surface area contributed by atoms with Gasteiger partial charge in [-0.05, 0) is 25.0 Å². The maximum Gasteiger partial charge on any atom is 0.293 e. The molecule has 1 aliphatic rings. The van der Waals surface area contributed by atoms with Gasteiger partial charge in [0, 0.05) is 32.3 Å². The van der Waals surface area contributed by atoms with Gasteiger partial charge in [-0.15, -0.1) is 0 Å². The van der Waals surface area contributed by atoms with E-state index in [0.717, 1.165) is 18.9 Å². The maximum absolute atomic E-state index is 12.5. The third-order valence-electron chi connectivity index (χ3n) is 4.05. The van der Waals surface area contributed by atoms with Crippen molar-refractivity contribution in [2.75, 3.05) is 31.6 Å². The number of nitro groups is 1. The predicted octanol–water partition coefficient (Wildman–Crippen LogP) is 2.22. The van der Waals surface area contributed by atoms with Crippen LogP contribution in [0.2, 0.25) is 0 Å². The highest BCUT2D eigenvalue weighted by molar-refractivity contribution is 7.89. The summed E-state index contributed by atoms with van der Waals surface area (Å²) in [5.74, 6) is 0. The van der Waals surface area contributed by atoms with E-state index in [0.29, 0.717) is 31.9 Å². The van der Waals surface area contributed by atoms with E-state index in [1.165, 1.54) is 16.4 Å². The van der Waals surface area contributed by atoms with Gasteiger partial charge in [0.25, 0.3) is 5.69 Å². The zero-order chi connectivity index (χ0) is 17.7. The lowest BCUT2D eigenvalue weighted by molar-refractivity contribution is -0.384. The Hall–Kier alpha value is -1.71. The lowest BCUT2D eigenvalue weighted by Gasteiger charge is -2.19. The predicted molar refractivity (Wildman–Crippen MR) is 90.7 cm³/mol. The Morgan fingerprint density at radius 1 is 1.38 bits per heavy atom. The topological polar surface area (TPSA) is 102 Å². The van der Waals surface area contributed by atoms with E-state index in [4.69, 9.17) is 4.74 Å². The first kappa shape index (κ1) is 18.6. The van der Waals surface area contributed by atoms with Crippen molar-refractivity contribution in [3.8, 4) is 0 Å². The maximum atomic E-state index is 12.5. The Kier molecular flexibility index (Phi) is 6.14. The molecule has 0 saturated carbocycles. The summed E-state index contributed by atoms with van der Waals surface area (Å²) >= 11 is 0. The monoisotopic (exact) mass is 357 g/mol. The molecule has 0 bridgehead atoms. The molecule has 1 aliphatic heterocycles. The summed E-state index contributed by atoms with van der Waals surface area (Å²) in [6.07, 6.45) is 1.92. The Morgan fingerprint density at radius 3 is 2.62 bits per heavy atom. The summed E-state index contributed by atoms with van der Waals surface area (Å²) in [4.78, 5) is 10.7. The molecule has 0 spiro atoms. The molecule has 0 aliphatic carbocycles. The molecule has 0 aromatic heterocycles. The van der Waals surface area contributed by atoms with E-state index in [9.17, 15) is 18.5 Å². The molecule has 24 heavy (non-hydrogen) atoms. The smallest absolute Gasteiger partial charge is 0.293 e. The standard InChI is InChI=1S/C15H23N3O5S/c1-3-17(4-2)24(21,22)13-7-8-14(15(10-13)18(19)20)16-11-12-6-5-9-23-12/h7-8,10,12,16H,3-6,9,11H2,1-2H3. The van der Waals surface area contributed by atoms with Crippen molar-refractivity contribution < 1.29 is 18.1 Å². The summed E-state index contributed by atoms with van der Waals surface area (Å²) in [5.41, 5.74) is 0.0511. The van der Waals surface area contributed by atoms with Crippen LogP contribution in [0.4, 0.5) is 11.4 Å². The number of ether oxygens (including phenoxy) is 1. The fourth-order valence-electron chi connectivity index (χ4n) is 2.71. The van der Waals surface area contributed by atoms with Gasteiger partial charge in [0.15, 0.2) is 0 Å². The van der Waals surface area contributed by atoms with Crippen LogP contribution in [0.1, 0.15) is 26.7 Å². The Balaban J connectivity index is 2.27. The Labute approximate surface area is 142 Å². The molecule has 2 rings (SSSR count). The number of nitrogens with one attached hydrogen (secondary N) is 1.